The first-order chi connectivity index (χ1) is 16.7. The van der Waals surface area contributed by atoms with Crippen molar-refractivity contribution in [3.05, 3.63) is 106 Å². The van der Waals surface area contributed by atoms with Gasteiger partial charge >= 0.3 is 0 Å². The molecule has 3 aromatic carbocycles. The Morgan fingerprint density at radius 3 is 1.53 bits per heavy atom. The summed E-state index contributed by atoms with van der Waals surface area (Å²) in [6, 6.07) is 25.6. The van der Waals surface area contributed by atoms with Crippen molar-refractivity contribution in [3.8, 4) is 0 Å². The SMILES string of the molecule is NCCc1cccc(C2CNC(c3cccc(C4NCC(c5cccc(CCN)c5)O4)c3)O2)c1. The average Bonchev–Trinajstić information content (AvgIpc) is 3.56. The molecule has 6 nitrogen and oxygen atoms in total. The summed E-state index contributed by atoms with van der Waals surface area (Å²) in [6.07, 6.45) is 1.52. The van der Waals surface area contributed by atoms with Crippen LogP contribution in [0.15, 0.2) is 72.8 Å². The minimum Gasteiger partial charge on any atom is -0.350 e. The largest absolute Gasteiger partial charge is 0.350 e. The second-order valence-corrected chi connectivity index (χ2v) is 9.06. The summed E-state index contributed by atoms with van der Waals surface area (Å²) >= 11 is 0. The Kier molecular flexibility index (Phi) is 7.35. The zero-order chi connectivity index (χ0) is 23.3. The second kappa shape index (κ2) is 10.8. The molecule has 4 atom stereocenters. The van der Waals surface area contributed by atoms with Gasteiger partial charge < -0.3 is 20.9 Å². The molecule has 2 heterocycles. The minimum atomic E-state index is -0.145. The number of rotatable bonds is 8. The molecule has 2 saturated heterocycles. The maximum absolute atomic E-state index is 6.40. The first kappa shape index (κ1) is 23.2. The van der Waals surface area contributed by atoms with Crippen LogP contribution in [0.1, 0.15) is 58.0 Å². The van der Waals surface area contributed by atoms with E-state index in [0.29, 0.717) is 13.1 Å². The molecule has 2 fully saturated rings. The van der Waals surface area contributed by atoms with Crippen LogP contribution in [-0.2, 0) is 22.3 Å². The molecule has 0 aliphatic carbocycles. The predicted molar refractivity (Wildman–Crippen MR) is 134 cm³/mol. The van der Waals surface area contributed by atoms with Crippen molar-refractivity contribution >= 4 is 0 Å². The Bertz CT molecular complexity index is 1020. The normalized spacial score (nSPS) is 24.5. The number of nitrogens with one attached hydrogen (secondary N) is 2. The van der Waals surface area contributed by atoms with Gasteiger partial charge in [-0.25, -0.2) is 0 Å². The molecule has 6 N–H and O–H groups in total. The van der Waals surface area contributed by atoms with Gasteiger partial charge in [-0.2, -0.15) is 0 Å². The summed E-state index contributed by atoms with van der Waals surface area (Å²) in [6.45, 7) is 2.86. The first-order valence-electron chi connectivity index (χ1n) is 12.2. The molecule has 0 aromatic heterocycles. The van der Waals surface area contributed by atoms with Crippen LogP contribution in [0.25, 0.3) is 0 Å². The van der Waals surface area contributed by atoms with Gasteiger partial charge in [0, 0.05) is 13.1 Å². The van der Waals surface area contributed by atoms with E-state index in [1.807, 2.05) is 0 Å². The number of hydrogen-bond acceptors (Lipinski definition) is 6. The lowest BCUT2D eigenvalue weighted by atomic mass is 10.0. The van der Waals surface area contributed by atoms with Crippen molar-refractivity contribution in [2.24, 2.45) is 11.5 Å². The standard InChI is InChI=1S/C28H34N4O2/c29-12-10-19-4-1-6-21(14-19)25-17-31-27(33-25)23-8-3-9-24(16-23)28-32-18-26(34-28)22-7-2-5-20(15-22)11-13-30/h1-9,14-16,25-28,31-32H,10-13,17-18,29-30H2. The lowest BCUT2D eigenvalue weighted by molar-refractivity contribution is 0.0365. The fraction of sp³-hybridized carbons (Fsp3) is 0.357. The van der Waals surface area contributed by atoms with Gasteiger partial charge in [0.05, 0.1) is 12.2 Å². The van der Waals surface area contributed by atoms with Crippen molar-refractivity contribution in [2.75, 3.05) is 26.2 Å². The number of nitrogens with two attached hydrogens (primary N) is 2. The Hall–Kier alpha value is -2.58. The molecule has 2 aliphatic rings. The van der Waals surface area contributed by atoms with Crippen LogP contribution in [0.5, 0.6) is 0 Å². The molecule has 0 bridgehead atoms. The molecule has 0 spiro atoms. The molecule has 178 valence electrons. The van der Waals surface area contributed by atoms with E-state index >= 15 is 0 Å². The van der Waals surface area contributed by atoms with E-state index in [2.05, 4.69) is 83.4 Å². The third-order valence-corrected chi connectivity index (χ3v) is 6.61. The zero-order valence-electron chi connectivity index (χ0n) is 19.5. The Labute approximate surface area is 201 Å². The summed E-state index contributed by atoms with van der Waals surface area (Å²) in [7, 11) is 0. The van der Waals surface area contributed by atoms with Crippen LogP contribution < -0.4 is 22.1 Å². The van der Waals surface area contributed by atoms with Crippen LogP contribution >= 0.6 is 0 Å². The molecule has 6 heteroatoms. The smallest absolute Gasteiger partial charge is 0.135 e. The monoisotopic (exact) mass is 458 g/mol. The minimum absolute atomic E-state index is 0.0254. The van der Waals surface area contributed by atoms with Gasteiger partial charge in [-0.3, -0.25) is 10.6 Å². The predicted octanol–water partition coefficient (Wildman–Crippen LogP) is 3.41. The van der Waals surface area contributed by atoms with Crippen LogP contribution in [-0.4, -0.2) is 26.2 Å². The van der Waals surface area contributed by atoms with Gasteiger partial charge in [-0.15, -0.1) is 0 Å². The van der Waals surface area contributed by atoms with Gasteiger partial charge in [0.2, 0.25) is 0 Å². The second-order valence-electron chi connectivity index (χ2n) is 9.06. The van der Waals surface area contributed by atoms with Crippen molar-refractivity contribution < 1.29 is 9.47 Å². The molecule has 0 saturated carbocycles. The summed E-state index contributed by atoms with van der Waals surface area (Å²) in [4.78, 5) is 0. The highest BCUT2D eigenvalue weighted by molar-refractivity contribution is 5.31. The molecule has 4 unspecified atom stereocenters. The highest BCUT2D eigenvalue weighted by atomic mass is 16.5. The summed E-state index contributed by atoms with van der Waals surface area (Å²) in [5, 5.41) is 7.05. The summed E-state index contributed by atoms with van der Waals surface area (Å²) in [5.41, 5.74) is 18.6. The van der Waals surface area contributed by atoms with Crippen LogP contribution in [0, 0.1) is 0 Å². The molecule has 3 aromatic rings. The fourth-order valence-electron chi connectivity index (χ4n) is 4.85. The Balaban J connectivity index is 1.25. The zero-order valence-corrected chi connectivity index (χ0v) is 19.5. The number of hydrogen-bond donors (Lipinski definition) is 4. The quantitative estimate of drug-likeness (QED) is 0.413. The van der Waals surface area contributed by atoms with Gasteiger partial charge in [0.25, 0.3) is 0 Å². The molecule has 0 amide bonds. The molecule has 2 aliphatic heterocycles. The summed E-state index contributed by atoms with van der Waals surface area (Å²) < 4.78 is 12.8. The topological polar surface area (TPSA) is 94.6 Å². The highest BCUT2D eigenvalue weighted by Crippen LogP contribution is 2.34. The Morgan fingerprint density at radius 1 is 0.618 bits per heavy atom. The van der Waals surface area contributed by atoms with Crippen LogP contribution in [0.4, 0.5) is 0 Å². The van der Waals surface area contributed by atoms with Gasteiger partial charge in [0.15, 0.2) is 0 Å². The van der Waals surface area contributed by atoms with Gasteiger partial charge in [-0.05, 0) is 65.4 Å². The van der Waals surface area contributed by atoms with Crippen LogP contribution in [0.2, 0.25) is 0 Å². The maximum atomic E-state index is 6.40. The fourth-order valence-corrected chi connectivity index (χ4v) is 4.85. The van der Waals surface area contributed by atoms with Crippen LogP contribution in [0.3, 0.4) is 0 Å². The summed E-state index contributed by atoms with van der Waals surface area (Å²) in [5.74, 6) is 0. The maximum Gasteiger partial charge on any atom is 0.135 e. The Morgan fingerprint density at radius 2 is 1.06 bits per heavy atom. The number of ether oxygens (including phenoxy) is 2. The molecular weight excluding hydrogens is 424 g/mol. The number of benzene rings is 3. The van der Waals surface area contributed by atoms with Crippen molar-refractivity contribution in [1.29, 1.82) is 0 Å². The van der Waals surface area contributed by atoms with Gasteiger partial charge in [-0.1, -0.05) is 66.7 Å². The highest BCUT2D eigenvalue weighted by Gasteiger charge is 2.30. The van der Waals surface area contributed by atoms with E-state index in [9.17, 15) is 0 Å². The van der Waals surface area contributed by atoms with Crippen molar-refractivity contribution in [1.82, 2.24) is 10.6 Å². The van der Waals surface area contributed by atoms with E-state index in [1.165, 1.54) is 22.3 Å². The molecular formula is C28H34N4O2. The molecule has 0 radical (unpaired) electrons. The van der Waals surface area contributed by atoms with Gasteiger partial charge in [0.1, 0.15) is 12.5 Å². The third kappa shape index (κ3) is 5.23. The lowest BCUT2D eigenvalue weighted by Crippen LogP contribution is -2.16. The van der Waals surface area contributed by atoms with Crippen molar-refractivity contribution in [2.45, 2.75) is 37.5 Å². The molecule has 5 rings (SSSR count). The van der Waals surface area contributed by atoms with E-state index in [0.717, 1.165) is 37.1 Å². The van der Waals surface area contributed by atoms with E-state index in [4.69, 9.17) is 20.9 Å². The average molecular weight is 459 g/mol. The van der Waals surface area contributed by atoms with E-state index < -0.39 is 0 Å². The first-order valence-corrected chi connectivity index (χ1v) is 12.2. The lowest BCUT2D eigenvalue weighted by Gasteiger charge is -2.17. The van der Waals surface area contributed by atoms with E-state index in [1.54, 1.807) is 0 Å². The van der Waals surface area contributed by atoms with Crippen molar-refractivity contribution in [3.63, 3.8) is 0 Å². The van der Waals surface area contributed by atoms with E-state index in [-0.39, 0.29) is 24.7 Å². The molecule has 34 heavy (non-hydrogen) atoms. The third-order valence-electron chi connectivity index (χ3n) is 6.61.